The fourth-order valence-corrected chi connectivity index (χ4v) is 3.62. The molecule has 25 heavy (non-hydrogen) atoms. The quantitative estimate of drug-likeness (QED) is 0.692. The molecule has 0 aliphatic heterocycles. The molecular formula is C19H19Cl3N2O. The van der Waals surface area contributed by atoms with Gasteiger partial charge in [0.05, 0.1) is 22.3 Å². The first-order valence-electron chi connectivity index (χ1n) is 8.16. The summed E-state index contributed by atoms with van der Waals surface area (Å²) in [6.07, 6.45) is 2.25. The average Bonchev–Trinajstić information content (AvgIpc) is 3.37. The van der Waals surface area contributed by atoms with Crippen molar-refractivity contribution in [1.29, 1.82) is 0 Å². The Bertz CT molecular complexity index is 750. The van der Waals surface area contributed by atoms with Crippen molar-refractivity contribution in [3.63, 3.8) is 0 Å². The van der Waals surface area contributed by atoms with E-state index in [0.717, 1.165) is 19.4 Å². The van der Waals surface area contributed by atoms with E-state index >= 15 is 0 Å². The van der Waals surface area contributed by atoms with Crippen molar-refractivity contribution in [2.45, 2.75) is 32.4 Å². The zero-order chi connectivity index (χ0) is 18.0. The van der Waals surface area contributed by atoms with Gasteiger partial charge in [0.1, 0.15) is 0 Å². The molecule has 1 fully saturated rings. The van der Waals surface area contributed by atoms with Crippen LogP contribution in [-0.4, -0.2) is 23.4 Å². The van der Waals surface area contributed by atoms with Crippen LogP contribution in [0.4, 0.5) is 5.69 Å². The standard InChI is InChI=1S/C19H19Cl3N2O/c1-12-2-4-13(5-3-12)10-24(15-6-7-15)11-18(25)23-19-16(21)8-14(20)9-17(19)22/h2-5,8-9,15H,6-7,10-11H2,1H3,(H,23,25). The Morgan fingerprint density at radius 3 is 2.28 bits per heavy atom. The Morgan fingerprint density at radius 1 is 1.12 bits per heavy atom. The summed E-state index contributed by atoms with van der Waals surface area (Å²) in [6.45, 7) is 3.11. The Labute approximate surface area is 162 Å². The summed E-state index contributed by atoms with van der Waals surface area (Å²) in [5.74, 6) is -0.134. The molecule has 2 aromatic rings. The molecule has 6 heteroatoms. The molecule has 1 amide bonds. The van der Waals surface area contributed by atoms with Gasteiger partial charge < -0.3 is 5.32 Å². The molecule has 0 atom stereocenters. The Morgan fingerprint density at radius 2 is 1.72 bits per heavy atom. The molecule has 1 aliphatic rings. The number of halogens is 3. The average molecular weight is 398 g/mol. The molecular weight excluding hydrogens is 379 g/mol. The van der Waals surface area contributed by atoms with Gasteiger partial charge in [-0.2, -0.15) is 0 Å². The smallest absolute Gasteiger partial charge is 0.238 e. The van der Waals surface area contributed by atoms with Crippen molar-refractivity contribution < 1.29 is 4.79 Å². The lowest BCUT2D eigenvalue weighted by Crippen LogP contribution is -2.34. The van der Waals surface area contributed by atoms with Crippen molar-refractivity contribution in [1.82, 2.24) is 4.90 Å². The van der Waals surface area contributed by atoms with E-state index in [1.54, 1.807) is 12.1 Å². The van der Waals surface area contributed by atoms with Crippen LogP contribution in [0.25, 0.3) is 0 Å². The second-order valence-corrected chi connectivity index (χ2v) is 7.67. The molecule has 3 nitrogen and oxygen atoms in total. The lowest BCUT2D eigenvalue weighted by molar-refractivity contribution is -0.117. The Balaban J connectivity index is 1.66. The molecule has 0 bridgehead atoms. The number of rotatable bonds is 6. The fourth-order valence-electron chi connectivity index (χ4n) is 2.71. The van der Waals surface area contributed by atoms with Crippen molar-refractivity contribution in [3.05, 3.63) is 62.6 Å². The van der Waals surface area contributed by atoms with Crippen LogP contribution in [0.15, 0.2) is 36.4 Å². The number of amides is 1. The molecule has 0 spiro atoms. The van der Waals surface area contributed by atoms with E-state index in [4.69, 9.17) is 34.8 Å². The summed E-state index contributed by atoms with van der Waals surface area (Å²) in [5, 5.41) is 3.92. The summed E-state index contributed by atoms with van der Waals surface area (Å²) in [5.41, 5.74) is 2.84. The molecule has 3 rings (SSSR count). The number of carbonyl (C=O) groups excluding carboxylic acids is 1. The minimum atomic E-state index is -0.134. The molecule has 2 aromatic carbocycles. The van der Waals surface area contributed by atoms with E-state index < -0.39 is 0 Å². The lowest BCUT2D eigenvalue weighted by atomic mass is 10.1. The van der Waals surface area contributed by atoms with Crippen LogP contribution >= 0.6 is 34.8 Å². The van der Waals surface area contributed by atoms with Gasteiger partial charge in [-0.25, -0.2) is 0 Å². The van der Waals surface area contributed by atoms with Crippen LogP contribution in [-0.2, 0) is 11.3 Å². The Kier molecular flexibility index (Phi) is 5.90. The number of hydrogen-bond donors (Lipinski definition) is 1. The topological polar surface area (TPSA) is 32.3 Å². The van der Waals surface area contributed by atoms with Gasteiger partial charge in [0.2, 0.25) is 5.91 Å². The largest absolute Gasteiger partial charge is 0.322 e. The first-order valence-corrected chi connectivity index (χ1v) is 9.30. The van der Waals surface area contributed by atoms with E-state index in [0.29, 0.717) is 33.3 Å². The number of aryl methyl sites for hydroxylation is 1. The zero-order valence-corrected chi connectivity index (χ0v) is 16.1. The lowest BCUT2D eigenvalue weighted by Gasteiger charge is -2.22. The summed E-state index contributed by atoms with van der Waals surface area (Å²) in [6, 6.07) is 12.0. The molecule has 132 valence electrons. The maximum atomic E-state index is 12.5. The van der Waals surface area contributed by atoms with E-state index in [1.165, 1.54) is 11.1 Å². The summed E-state index contributed by atoms with van der Waals surface area (Å²) in [4.78, 5) is 14.7. The fraction of sp³-hybridized carbons (Fsp3) is 0.316. The Hall–Kier alpha value is -1.26. The maximum absolute atomic E-state index is 12.5. The summed E-state index contributed by atoms with van der Waals surface area (Å²) in [7, 11) is 0. The molecule has 0 aromatic heterocycles. The molecule has 0 saturated heterocycles. The van der Waals surface area contributed by atoms with E-state index in [1.807, 2.05) is 0 Å². The van der Waals surface area contributed by atoms with Crippen LogP contribution in [0.2, 0.25) is 15.1 Å². The third-order valence-electron chi connectivity index (χ3n) is 4.19. The molecule has 1 saturated carbocycles. The highest BCUT2D eigenvalue weighted by Gasteiger charge is 2.30. The first kappa shape index (κ1) is 18.5. The summed E-state index contributed by atoms with van der Waals surface area (Å²) < 4.78 is 0. The number of nitrogens with one attached hydrogen (secondary N) is 1. The SMILES string of the molecule is Cc1ccc(CN(CC(=O)Nc2c(Cl)cc(Cl)cc2Cl)C2CC2)cc1. The zero-order valence-electron chi connectivity index (χ0n) is 13.9. The molecule has 0 radical (unpaired) electrons. The summed E-state index contributed by atoms with van der Waals surface area (Å²) >= 11 is 18.2. The van der Waals surface area contributed by atoms with Crippen LogP contribution in [0.3, 0.4) is 0 Å². The van der Waals surface area contributed by atoms with Gasteiger partial charge in [0.15, 0.2) is 0 Å². The van der Waals surface area contributed by atoms with Gasteiger partial charge >= 0.3 is 0 Å². The minimum Gasteiger partial charge on any atom is -0.322 e. The monoisotopic (exact) mass is 396 g/mol. The maximum Gasteiger partial charge on any atom is 0.238 e. The van der Waals surface area contributed by atoms with Crippen LogP contribution in [0.5, 0.6) is 0 Å². The third-order valence-corrected chi connectivity index (χ3v) is 5.00. The van der Waals surface area contributed by atoms with Crippen molar-refractivity contribution in [3.8, 4) is 0 Å². The van der Waals surface area contributed by atoms with Crippen LogP contribution < -0.4 is 5.32 Å². The first-order chi connectivity index (χ1) is 11.9. The highest BCUT2D eigenvalue weighted by atomic mass is 35.5. The number of anilines is 1. The van der Waals surface area contributed by atoms with Gasteiger partial charge in [-0.05, 0) is 37.5 Å². The number of carbonyl (C=O) groups is 1. The number of nitrogens with zero attached hydrogens (tertiary/aromatic N) is 1. The highest BCUT2D eigenvalue weighted by Crippen LogP contribution is 2.34. The van der Waals surface area contributed by atoms with Crippen LogP contribution in [0.1, 0.15) is 24.0 Å². The van der Waals surface area contributed by atoms with Gasteiger partial charge in [0, 0.05) is 17.6 Å². The van der Waals surface area contributed by atoms with Gasteiger partial charge in [-0.1, -0.05) is 64.6 Å². The minimum absolute atomic E-state index is 0.134. The van der Waals surface area contributed by atoms with Crippen LogP contribution in [0, 0.1) is 6.92 Å². The molecule has 1 aliphatic carbocycles. The number of hydrogen-bond acceptors (Lipinski definition) is 2. The molecule has 0 heterocycles. The second-order valence-electron chi connectivity index (χ2n) is 6.41. The normalized spacial score (nSPS) is 14.0. The van der Waals surface area contributed by atoms with Gasteiger partial charge in [-0.3, -0.25) is 9.69 Å². The van der Waals surface area contributed by atoms with Crippen molar-refractivity contribution >= 4 is 46.4 Å². The predicted molar refractivity (Wildman–Crippen MR) is 105 cm³/mol. The van der Waals surface area contributed by atoms with E-state index in [2.05, 4.69) is 41.4 Å². The van der Waals surface area contributed by atoms with Crippen molar-refractivity contribution in [2.24, 2.45) is 0 Å². The van der Waals surface area contributed by atoms with Crippen molar-refractivity contribution in [2.75, 3.05) is 11.9 Å². The number of benzene rings is 2. The predicted octanol–water partition coefficient (Wildman–Crippen LogP) is 5.56. The second kappa shape index (κ2) is 7.96. The van der Waals surface area contributed by atoms with Gasteiger partial charge in [0.25, 0.3) is 0 Å². The van der Waals surface area contributed by atoms with E-state index in [9.17, 15) is 4.79 Å². The highest BCUT2D eigenvalue weighted by molar-refractivity contribution is 6.42. The third kappa shape index (κ3) is 5.11. The molecule has 0 unspecified atom stereocenters. The van der Waals surface area contributed by atoms with E-state index in [-0.39, 0.29) is 5.91 Å². The molecule has 1 N–H and O–H groups in total. The van der Waals surface area contributed by atoms with Gasteiger partial charge in [-0.15, -0.1) is 0 Å².